The van der Waals surface area contributed by atoms with Crippen LogP contribution in [0.4, 0.5) is 0 Å². The average molecular weight is 248 g/mol. The monoisotopic (exact) mass is 248 g/mol. The molecular weight excluding hydrogens is 224 g/mol. The van der Waals surface area contributed by atoms with Crippen LogP contribution in [0.25, 0.3) is 0 Å². The average Bonchev–Trinajstić information content (AvgIpc) is 2.25. The lowest BCUT2D eigenvalue weighted by Crippen LogP contribution is -2.54. The highest BCUT2D eigenvalue weighted by atomic mass is 16.5. The highest BCUT2D eigenvalue weighted by molar-refractivity contribution is 5.37. The van der Waals surface area contributed by atoms with Crippen molar-refractivity contribution in [2.45, 2.75) is 27.3 Å². The van der Waals surface area contributed by atoms with Crippen LogP contribution >= 0.6 is 0 Å². The largest absolute Gasteiger partial charge is 0.380 e. The standard InChI is InChI=1S/C15H24N2O/c1-11-4-12(2)14(13(3)5-11)6-17-8-15(7-16)9-18-10-15/h4-5,17H,6-10,16H2,1-3H3. The van der Waals surface area contributed by atoms with Gasteiger partial charge in [0.1, 0.15) is 0 Å². The maximum Gasteiger partial charge on any atom is 0.0569 e. The van der Waals surface area contributed by atoms with Crippen LogP contribution in [-0.4, -0.2) is 26.3 Å². The van der Waals surface area contributed by atoms with Crippen molar-refractivity contribution in [3.63, 3.8) is 0 Å². The lowest BCUT2D eigenvalue weighted by Gasteiger charge is -2.40. The molecule has 0 atom stereocenters. The van der Waals surface area contributed by atoms with Crippen molar-refractivity contribution in [1.82, 2.24) is 5.32 Å². The number of ether oxygens (including phenoxy) is 1. The molecule has 18 heavy (non-hydrogen) atoms. The molecule has 1 aromatic carbocycles. The van der Waals surface area contributed by atoms with Gasteiger partial charge in [-0.3, -0.25) is 0 Å². The van der Waals surface area contributed by atoms with Gasteiger partial charge in [-0.25, -0.2) is 0 Å². The van der Waals surface area contributed by atoms with E-state index in [2.05, 4.69) is 38.2 Å². The molecule has 0 radical (unpaired) electrons. The molecule has 0 aliphatic carbocycles. The highest BCUT2D eigenvalue weighted by Crippen LogP contribution is 2.25. The van der Waals surface area contributed by atoms with E-state index in [1.54, 1.807) is 0 Å². The molecule has 2 rings (SSSR count). The van der Waals surface area contributed by atoms with Crippen molar-refractivity contribution in [2.75, 3.05) is 26.3 Å². The van der Waals surface area contributed by atoms with E-state index in [9.17, 15) is 0 Å². The minimum Gasteiger partial charge on any atom is -0.380 e. The Hall–Kier alpha value is -0.900. The van der Waals surface area contributed by atoms with Crippen LogP contribution in [0, 0.1) is 26.2 Å². The Morgan fingerprint density at radius 3 is 2.28 bits per heavy atom. The molecule has 0 amide bonds. The van der Waals surface area contributed by atoms with Gasteiger partial charge in [0, 0.05) is 25.0 Å². The molecule has 0 bridgehead atoms. The molecule has 0 unspecified atom stereocenters. The highest BCUT2D eigenvalue weighted by Gasteiger charge is 2.36. The Kier molecular flexibility index (Phi) is 4.05. The van der Waals surface area contributed by atoms with E-state index < -0.39 is 0 Å². The van der Waals surface area contributed by atoms with E-state index in [4.69, 9.17) is 10.5 Å². The first-order valence-electron chi connectivity index (χ1n) is 6.62. The Balaban J connectivity index is 1.94. The third-order valence-electron chi connectivity index (χ3n) is 3.89. The topological polar surface area (TPSA) is 47.3 Å². The minimum absolute atomic E-state index is 0.173. The molecule has 0 spiro atoms. The number of hydrogen-bond donors (Lipinski definition) is 2. The maximum absolute atomic E-state index is 5.81. The Bertz CT molecular complexity index is 396. The van der Waals surface area contributed by atoms with Crippen LogP contribution in [0.1, 0.15) is 22.3 Å². The van der Waals surface area contributed by atoms with E-state index >= 15 is 0 Å². The molecule has 1 aliphatic heterocycles. The van der Waals surface area contributed by atoms with Gasteiger partial charge in [-0.15, -0.1) is 0 Å². The third kappa shape index (κ3) is 2.74. The summed E-state index contributed by atoms with van der Waals surface area (Å²) in [6, 6.07) is 4.49. The molecule has 3 N–H and O–H groups in total. The van der Waals surface area contributed by atoms with E-state index in [1.807, 2.05) is 0 Å². The van der Waals surface area contributed by atoms with E-state index in [-0.39, 0.29) is 5.41 Å². The van der Waals surface area contributed by atoms with E-state index in [1.165, 1.54) is 22.3 Å². The second kappa shape index (κ2) is 5.39. The number of aryl methyl sites for hydroxylation is 3. The summed E-state index contributed by atoms with van der Waals surface area (Å²) in [4.78, 5) is 0. The maximum atomic E-state index is 5.81. The van der Waals surface area contributed by atoms with Crippen molar-refractivity contribution >= 4 is 0 Å². The minimum atomic E-state index is 0.173. The van der Waals surface area contributed by atoms with E-state index in [0.29, 0.717) is 6.54 Å². The summed E-state index contributed by atoms with van der Waals surface area (Å²) in [5.74, 6) is 0. The molecule has 100 valence electrons. The van der Waals surface area contributed by atoms with Crippen LogP contribution in [0.5, 0.6) is 0 Å². The summed E-state index contributed by atoms with van der Waals surface area (Å²) in [6.07, 6.45) is 0. The molecule has 3 heteroatoms. The second-order valence-corrected chi connectivity index (χ2v) is 5.68. The zero-order valence-electron chi connectivity index (χ0n) is 11.7. The second-order valence-electron chi connectivity index (χ2n) is 5.68. The molecule has 1 fully saturated rings. The van der Waals surface area contributed by atoms with Crippen molar-refractivity contribution in [1.29, 1.82) is 0 Å². The zero-order chi connectivity index (χ0) is 13.2. The van der Waals surface area contributed by atoms with Crippen molar-refractivity contribution < 1.29 is 4.74 Å². The Labute approximate surface area is 110 Å². The fourth-order valence-corrected chi connectivity index (χ4v) is 2.62. The number of hydrogen-bond acceptors (Lipinski definition) is 3. The zero-order valence-corrected chi connectivity index (χ0v) is 11.7. The lowest BCUT2D eigenvalue weighted by atomic mass is 9.86. The number of nitrogens with two attached hydrogens (primary N) is 1. The first kappa shape index (κ1) is 13.5. The summed E-state index contributed by atoms with van der Waals surface area (Å²) < 4.78 is 5.28. The molecule has 0 aromatic heterocycles. The summed E-state index contributed by atoms with van der Waals surface area (Å²) in [6.45, 7) is 10.7. The number of benzene rings is 1. The summed E-state index contributed by atoms with van der Waals surface area (Å²) >= 11 is 0. The van der Waals surface area contributed by atoms with Crippen LogP contribution in [0.3, 0.4) is 0 Å². The molecule has 3 nitrogen and oxygen atoms in total. The Morgan fingerprint density at radius 1 is 1.22 bits per heavy atom. The summed E-state index contributed by atoms with van der Waals surface area (Å²) in [5.41, 5.74) is 11.5. The lowest BCUT2D eigenvalue weighted by molar-refractivity contribution is -0.105. The summed E-state index contributed by atoms with van der Waals surface area (Å²) in [7, 11) is 0. The van der Waals surface area contributed by atoms with Gasteiger partial charge >= 0.3 is 0 Å². The normalized spacial score (nSPS) is 17.6. The molecule has 1 aliphatic rings. The number of rotatable bonds is 5. The van der Waals surface area contributed by atoms with Crippen LogP contribution in [0.2, 0.25) is 0 Å². The van der Waals surface area contributed by atoms with Gasteiger partial charge in [0.05, 0.1) is 13.2 Å². The van der Waals surface area contributed by atoms with Crippen LogP contribution < -0.4 is 11.1 Å². The molecule has 1 aromatic rings. The quantitative estimate of drug-likeness (QED) is 0.833. The first-order chi connectivity index (χ1) is 8.56. The fourth-order valence-electron chi connectivity index (χ4n) is 2.62. The fraction of sp³-hybridized carbons (Fsp3) is 0.600. The SMILES string of the molecule is Cc1cc(C)c(CNCC2(CN)COC2)c(C)c1. The molecule has 1 heterocycles. The number of nitrogens with one attached hydrogen (secondary N) is 1. The van der Waals surface area contributed by atoms with Crippen molar-refractivity contribution in [3.8, 4) is 0 Å². The third-order valence-corrected chi connectivity index (χ3v) is 3.89. The molecular formula is C15H24N2O. The van der Waals surface area contributed by atoms with Gasteiger partial charge in [0.25, 0.3) is 0 Å². The van der Waals surface area contributed by atoms with Gasteiger partial charge in [0.2, 0.25) is 0 Å². The van der Waals surface area contributed by atoms with Crippen LogP contribution in [-0.2, 0) is 11.3 Å². The van der Waals surface area contributed by atoms with Crippen LogP contribution in [0.15, 0.2) is 12.1 Å². The van der Waals surface area contributed by atoms with Gasteiger partial charge < -0.3 is 15.8 Å². The van der Waals surface area contributed by atoms with Gasteiger partial charge in [0.15, 0.2) is 0 Å². The van der Waals surface area contributed by atoms with Crippen molar-refractivity contribution in [2.24, 2.45) is 11.1 Å². The summed E-state index contributed by atoms with van der Waals surface area (Å²) in [5, 5.41) is 3.54. The first-order valence-corrected chi connectivity index (χ1v) is 6.62. The molecule has 1 saturated heterocycles. The van der Waals surface area contributed by atoms with Crippen molar-refractivity contribution in [3.05, 3.63) is 34.4 Å². The molecule has 0 saturated carbocycles. The van der Waals surface area contributed by atoms with Gasteiger partial charge in [-0.05, 0) is 37.5 Å². The van der Waals surface area contributed by atoms with Gasteiger partial charge in [-0.1, -0.05) is 17.7 Å². The van der Waals surface area contributed by atoms with E-state index in [0.717, 1.165) is 26.3 Å². The Morgan fingerprint density at radius 2 is 1.83 bits per heavy atom. The smallest absolute Gasteiger partial charge is 0.0569 e. The predicted molar refractivity (Wildman–Crippen MR) is 74.7 cm³/mol. The predicted octanol–water partition coefficient (Wildman–Crippen LogP) is 1.68. The van der Waals surface area contributed by atoms with Gasteiger partial charge in [-0.2, -0.15) is 0 Å².